The van der Waals surface area contributed by atoms with E-state index in [-0.39, 0.29) is 12.1 Å². The first-order valence-corrected chi connectivity index (χ1v) is 7.35. The third-order valence-corrected chi connectivity index (χ3v) is 2.90. The van der Waals surface area contributed by atoms with Crippen LogP contribution >= 0.6 is 0 Å². The van der Waals surface area contributed by atoms with Crippen LogP contribution in [0.4, 0.5) is 0 Å². The van der Waals surface area contributed by atoms with Gasteiger partial charge in [0.1, 0.15) is 5.75 Å². The molecule has 1 rings (SSSR count). The molecule has 0 aliphatic heterocycles. The Kier molecular flexibility index (Phi) is 8.26. The summed E-state index contributed by atoms with van der Waals surface area (Å²) in [5.74, 6) is 0.883. The molecule has 0 radical (unpaired) electrons. The summed E-state index contributed by atoms with van der Waals surface area (Å²) >= 11 is 0. The summed E-state index contributed by atoms with van der Waals surface area (Å²) in [4.78, 5) is 0. The standard InChI is InChI=1S/C16H27NO3/c1-4-10-19-15-8-6-14(7-9-15)16(17)12-20-13(3)11-18-5-2/h6-9,13,16H,4-5,10-12,17H2,1-3H3. The Morgan fingerprint density at radius 2 is 1.80 bits per heavy atom. The molecule has 0 saturated heterocycles. The summed E-state index contributed by atoms with van der Waals surface area (Å²) in [6.07, 6.45) is 1.07. The van der Waals surface area contributed by atoms with Crippen molar-refractivity contribution < 1.29 is 14.2 Å². The minimum absolute atomic E-state index is 0.0631. The molecule has 0 spiro atoms. The van der Waals surface area contributed by atoms with Gasteiger partial charge in [0.15, 0.2) is 0 Å². The molecule has 0 aromatic heterocycles. The van der Waals surface area contributed by atoms with Crippen molar-refractivity contribution in [2.45, 2.75) is 39.3 Å². The monoisotopic (exact) mass is 281 g/mol. The predicted molar refractivity (Wildman–Crippen MR) is 81.1 cm³/mol. The zero-order valence-corrected chi connectivity index (χ0v) is 12.8. The molecule has 0 bridgehead atoms. The maximum absolute atomic E-state index is 6.12. The zero-order chi connectivity index (χ0) is 14.8. The number of hydrogen-bond acceptors (Lipinski definition) is 4. The fraction of sp³-hybridized carbons (Fsp3) is 0.625. The van der Waals surface area contributed by atoms with Crippen LogP contribution in [0.3, 0.4) is 0 Å². The van der Waals surface area contributed by atoms with Gasteiger partial charge < -0.3 is 19.9 Å². The maximum Gasteiger partial charge on any atom is 0.119 e. The molecular formula is C16H27NO3. The van der Waals surface area contributed by atoms with Crippen molar-refractivity contribution in [1.82, 2.24) is 0 Å². The van der Waals surface area contributed by atoms with Crippen LogP contribution in [0.25, 0.3) is 0 Å². The highest BCUT2D eigenvalue weighted by molar-refractivity contribution is 5.29. The third kappa shape index (κ3) is 6.37. The second kappa shape index (κ2) is 9.75. The molecule has 2 unspecified atom stereocenters. The van der Waals surface area contributed by atoms with Crippen LogP contribution in [0.5, 0.6) is 5.75 Å². The fourth-order valence-electron chi connectivity index (χ4n) is 1.73. The second-order valence-electron chi connectivity index (χ2n) is 4.83. The summed E-state index contributed by atoms with van der Waals surface area (Å²) in [6.45, 7) is 8.59. The largest absolute Gasteiger partial charge is 0.494 e. The van der Waals surface area contributed by atoms with E-state index in [1.165, 1.54) is 0 Å². The lowest BCUT2D eigenvalue weighted by atomic mass is 10.1. The Labute approximate surface area is 122 Å². The van der Waals surface area contributed by atoms with E-state index in [2.05, 4.69) is 6.92 Å². The van der Waals surface area contributed by atoms with E-state index >= 15 is 0 Å². The van der Waals surface area contributed by atoms with Crippen molar-refractivity contribution in [3.05, 3.63) is 29.8 Å². The lowest BCUT2D eigenvalue weighted by Crippen LogP contribution is -2.23. The lowest BCUT2D eigenvalue weighted by Gasteiger charge is -2.17. The van der Waals surface area contributed by atoms with Gasteiger partial charge in [-0.2, -0.15) is 0 Å². The molecule has 0 saturated carbocycles. The van der Waals surface area contributed by atoms with Crippen molar-refractivity contribution in [3.63, 3.8) is 0 Å². The van der Waals surface area contributed by atoms with Crippen molar-refractivity contribution in [2.75, 3.05) is 26.4 Å². The first-order chi connectivity index (χ1) is 9.67. The smallest absolute Gasteiger partial charge is 0.119 e. The van der Waals surface area contributed by atoms with E-state index < -0.39 is 0 Å². The van der Waals surface area contributed by atoms with Gasteiger partial charge in [-0.1, -0.05) is 19.1 Å². The average molecular weight is 281 g/mol. The van der Waals surface area contributed by atoms with Crippen LogP contribution in [0, 0.1) is 0 Å². The quantitative estimate of drug-likeness (QED) is 0.716. The van der Waals surface area contributed by atoms with Gasteiger partial charge in [0.25, 0.3) is 0 Å². The predicted octanol–water partition coefficient (Wildman–Crippen LogP) is 2.92. The van der Waals surface area contributed by atoms with Gasteiger partial charge in [0, 0.05) is 6.61 Å². The highest BCUT2D eigenvalue weighted by Gasteiger charge is 2.09. The van der Waals surface area contributed by atoms with Crippen molar-refractivity contribution >= 4 is 0 Å². The van der Waals surface area contributed by atoms with E-state index in [4.69, 9.17) is 19.9 Å². The van der Waals surface area contributed by atoms with E-state index in [1.54, 1.807) is 0 Å². The van der Waals surface area contributed by atoms with Gasteiger partial charge >= 0.3 is 0 Å². The number of benzene rings is 1. The highest BCUT2D eigenvalue weighted by Crippen LogP contribution is 2.17. The summed E-state index contributed by atoms with van der Waals surface area (Å²) in [5, 5.41) is 0. The van der Waals surface area contributed by atoms with E-state index in [0.717, 1.165) is 24.3 Å². The summed E-state index contributed by atoms with van der Waals surface area (Å²) in [7, 11) is 0. The van der Waals surface area contributed by atoms with Gasteiger partial charge in [0.05, 0.1) is 32.0 Å². The summed E-state index contributed by atoms with van der Waals surface area (Å²) < 4.78 is 16.5. The Morgan fingerprint density at radius 3 is 2.40 bits per heavy atom. The van der Waals surface area contributed by atoms with Crippen LogP contribution < -0.4 is 10.5 Å². The molecule has 4 heteroatoms. The second-order valence-corrected chi connectivity index (χ2v) is 4.83. The number of rotatable bonds is 10. The molecule has 0 aliphatic rings. The van der Waals surface area contributed by atoms with Crippen LogP contribution in [0.1, 0.15) is 38.8 Å². The molecule has 20 heavy (non-hydrogen) atoms. The van der Waals surface area contributed by atoms with Crippen LogP contribution in [0.15, 0.2) is 24.3 Å². The molecule has 0 fully saturated rings. The molecule has 114 valence electrons. The van der Waals surface area contributed by atoms with E-state index in [1.807, 2.05) is 38.1 Å². The van der Waals surface area contributed by atoms with Crippen LogP contribution in [-0.4, -0.2) is 32.5 Å². The molecule has 0 heterocycles. The Morgan fingerprint density at radius 1 is 1.10 bits per heavy atom. The summed E-state index contributed by atoms with van der Waals surface area (Å²) in [5.41, 5.74) is 7.17. The van der Waals surface area contributed by atoms with Gasteiger partial charge in [-0.3, -0.25) is 0 Å². The van der Waals surface area contributed by atoms with Gasteiger partial charge in [-0.25, -0.2) is 0 Å². The van der Waals surface area contributed by atoms with Gasteiger partial charge in [-0.15, -0.1) is 0 Å². The van der Waals surface area contributed by atoms with Crippen molar-refractivity contribution in [3.8, 4) is 5.75 Å². The molecule has 2 N–H and O–H groups in total. The number of ether oxygens (including phenoxy) is 3. The van der Waals surface area contributed by atoms with E-state index in [9.17, 15) is 0 Å². The molecule has 2 atom stereocenters. The minimum Gasteiger partial charge on any atom is -0.494 e. The Balaban J connectivity index is 2.37. The Hall–Kier alpha value is -1.10. The topological polar surface area (TPSA) is 53.7 Å². The third-order valence-electron chi connectivity index (χ3n) is 2.90. The van der Waals surface area contributed by atoms with Gasteiger partial charge in [-0.05, 0) is 38.0 Å². The SMILES string of the molecule is CCCOc1ccc(C(N)COC(C)COCC)cc1. The normalized spacial score (nSPS) is 14.0. The molecule has 0 aliphatic carbocycles. The van der Waals surface area contributed by atoms with Crippen LogP contribution in [-0.2, 0) is 9.47 Å². The molecule has 0 amide bonds. The van der Waals surface area contributed by atoms with Crippen molar-refractivity contribution in [2.24, 2.45) is 5.73 Å². The molecular weight excluding hydrogens is 254 g/mol. The summed E-state index contributed by atoms with van der Waals surface area (Å²) in [6, 6.07) is 7.76. The molecule has 1 aromatic carbocycles. The maximum atomic E-state index is 6.12. The van der Waals surface area contributed by atoms with Gasteiger partial charge in [0.2, 0.25) is 0 Å². The Bertz CT molecular complexity index is 353. The fourth-order valence-corrected chi connectivity index (χ4v) is 1.73. The van der Waals surface area contributed by atoms with Crippen molar-refractivity contribution in [1.29, 1.82) is 0 Å². The zero-order valence-electron chi connectivity index (χ0n) is 12.8. The van der Waals surface area contributed by atoms with Crippen LogP contribution in [0.2, 0.25) is 0 Å². The lowest BCUT2D eigenvalue weighted by molar-refractivity contribution is -0.00835. The highest BCUT2D eigenvalue weighted by atomic mass is 16.5. The first kappa shape index (κ1) is 17.0. The number of hydrogen-bond donors (Lipinski definition) is 1. The average Bonchev–Trinajstić information content (AvgIpc) is 2.49. The first-order valence-electron chi connectivity index (χ1n) is 7.35. The minimum atomic E-state index is -0.126. The van der Waals surface area contributed by atoms with E-state index in [0.29, 0.717) is 19.8 Å². The molecule has 4 nitrogen and oxygen atoms in total. The molecule has 1 aromatic rings. The number of nitrogens with two attached hydrogens (primary N) is 1.